The molecule has 0 radical (unpaired) electrons. The normalized spacial score (nSPS) is 22.4. The third-order valence-electron chi connectivity index (χ3n) is 7.32. The van der Waals surface area contributed by atoms with Crippen molar-refractivity contribution in [2.45, 2.75) is 44.6 Å². The van der Waals surface area contributed by atoms with Crippen LogP contribution >= 0.6 is 0 Å². The Morgan fingerprint density at radius 2 is 1.78 bits per heavy atom. The quantitative estimate of drug-likeness (QED) is 0.597. The van der Waals surface area contributed by atoms with E-state index in [9.17, 15) is 14.4 Å². The minimum Gasteiger partial charge on any atom is -0.451 e. The van der Waals surface area contributed by atoms with Crippen molar-refractivity contribution >= 4 is 11.8 Å². The summed E-state index contributed by atoms with van der Waals surface area (Å²) in [4.78, 5) is 42.4. The van der Waals surface area contributed by atoms with Crippen LogP contribution in [0.25, 0.3) is 0 Å². The van der Waals surface area contributed by atoms with E-state index in [4.69, 9.17) is 9.47 Å². The maximum atomic E-state index is 13.9. The second-order valence-corrected chi connectivity index (χ2v) is 9.54. The van der Waals surface area contributed by atoms with Crippen LogP contribution in [0.4, 0.5) is 0 Å². The number of para-hydroxylation sites is 1. The molecule has 1 saturated heterocycles. The average Bonchev–Trinajstić information content (AvgIpc) is 3.39. The molecule has 3 aliphatic rings. The SMILES string of the molecule is O=C(NCc1ccccc1)c1cn2c(c(Oc3ccccc3)c1=O)C(=O)N1[C@@H](C2)OC[C@@H]2CCC[C@@H]21. The Kier molecular flexibility index (Phi) is 5.81. The number of hydrogen-bond donors (Lipinski definition) is 1. The molecule has 8 nitrogen and oxygen atoms in total. The third-order valence-corrected chi connectivity index (χ3v) is 7.32. The van der Waals surface area contributed by atoms with Gasteiger partial charge in [0.15, 0.2) is 11.9 Å². The number of rotatable bonds is 5. The second kappa shape index (κ2) is 9.28. The molecule has 184 valence electrons. The molecule has 1 saturated carbocycles. The van der Waals surface area contributed by atoms with Crippen LogP contribution in [0.3, 0.4) is 0 Å². The molecular weight excluding hydrogens is 458 g/mol. The fourth-order valence-electron chi connectivity index (χ4n) is 5.56. The molecular formula is C28H27N3O5. The van der Waals surface area contributed by atoms with Crippen LogP contribution < -0.4 is 15.5 Å². The molecule has 2 aromatic carbocycles. The molecule has 0 spiro atoms. The topological polar surface area (TPSA) is 89.9 Å². The standard InChI is InChI=1S/C28H27N3O5/c32-25-21(27(33)29-14-18-8-3-1-4-9-18)15-30-16-23-31(22-13-7-10-19(22)17-35-23)28(34)24(30)26(25)36-20-11-5-2-6-12-20/h1-6,8-9,11-12,15,19,22-23H,7,10,13-14,16-17H2,(H,29,33)/t19-,22-,23+/m0/s1. The highest BCUT2D eigenvalue weighted by Crippen LogP contribution is 2.39. The number of fused-ring (bicyclic) bond motifs is 4. The molecule has 2 aliphatic heterocycles. The van der Waals surface area contributed by atoms with Crippen molar-refractivity contribution in [2.75, 3.05) is 6.61 Å². The predicted octanol–water partition coefficient (Wildman–Crippen LogP) is 3.55. The second-order valence-electron chi connectivity index (χ2n) is 9.54. The molecule has 6 rings (SSSR count). The Morgan fingerprint density at radius 3 is 2.56 bits per heavy atom. The lowest BCUT2D eigenvalue weighted by Gasteiger charge is -2.46. The van der Waals surface area contributed by atoms with Gasteiger partial charge in [0.05, 0.1) is 13.2 Å². The summed E-state index contributed by atoms with van der Waals surface area (Å²) in [7, 11) is 0. The van der Waals surface area contributed by atoms with Gasteiger partial charge in [-0.05, 0) is 30.5 Å². The first kappa shape index (κ1) is 22.5. The Balaban J connectivity index is 1.40. The molecule has 1 aliphatic carbocycles. The minimum atomic E-state index is -0.608. The zero-order chi connectivity index (χ0) is 24.6. The van der Waals surface area contributed by atoms with Gasteiger partial charge >= 0.3 is 0 Å². The van der Waals surface area contributed by atoms with Crippen LogP contribution in [-0.4, -0.2) is 40.2 Å². The van der Waals surface area contributed by atoms with Crippen LogP contribution in [0, 0.1) is 5.92 Å². The van der Waals surface area contributed by atoms with Crippen molar-refractivity contribution in [3.63, 3.8) is 0 Å². The van der Waals surface area contributed by atoms with E-state index in [0.717, 1.165) is 24.8 Å². The molecule has 0 bridgehead atoms. The van der Waals surface area contributed by atoms with E-state index in [1.165, 1.54) is 6.20 Å². The molecule has 8 heteroatoms. The molecule has 1 aromatic heterocycles. The summed E-state index contributed by atoms with van der Waals surface area (Å²) in [5, 5.41) is 2.82. The van der Waals surface area contributed by atoms with Gasteiger partial charge in [0.25, 0.3) is 11.8 Å². The van der Waals surface area contributed by atoms with Crippen LogP contribution in [0.5, 0.6) is 11.5 Å². The van der Waals surface area contributed by atoms with Crippen molar-refractivity contribution in [1.29, 1.82) is 0 Å². The van der Waals surface area contributed by atoms with Gasteiger partial charge < -0.3 is 24.3 Å². The maximum Gasteiger partial charge on any atom is 0.276 e. The van der Waals surface area contributed by atoms with E-state index in [1.807, 2.05) is 36.4 Å². The molecule has 3 atom stereocenters. The van der Waals surface area contributed by atoms with E-state index < -0.39 is 17.6 Å². The summed E-state index contributed by atoms with van der Waals surface area (Å²) in [6, 6.07) is 18.4. The van der Waals surface area contributed by atoms with Gasteiger partial charge in [-0.25, -0.2) is 0 Å². The predicted molar refractivity (Wildman–Crippen MR) is 132 cm³/mol. The summed E-state index contributed by atoms with van der Waals surface area (Å²) in [6.07, 6.45) is 4.04. The highest BCUT2D eigenvalue weighted by atomic mass is 16.5. The van der Waals surface area contributed by atoms with Crippen molar-refractivity contribution < 1.29 is 19.1 Å². The third kappa shape index (κ3) is 3.97. The Bertz CT molecular complexity index is 1350. The van der Waals surface area contributed by atoms with Crippen LogP contribution in [0.1, 0.15) is 45.7 Å². The van der Waals surface area contributed by atoms with Crippen LogP contribution in [0.15, 0.2) is 71.7 Å². The molecule has 3 aromatic rings. The number of amides is 2. The average molecular weight is 486 g/mol. The highest BCUT2D eigenvalue weighted by Gasteiger charge is 2.47. The highest BCUT2D eigenvalue weighted by molar-refractivity contribution is 5.99. The Labute approximate surface area is 208 Å². The fourth-order valence-corrected chi connectivity index (χ4v) is 5.56. The van der Waals surface area contributed by atoms with Crippen molar-refractivity contribution in [3.8, 4) is 11.5 Å². The lowest BCUT2D eigenvalue weighted by atomic mass is 9.98. The maximum absolute atomic E-state index is 13.9. The smallest absolute Gasteiger partial charge is 0.276 e. The minimum absolute atomic E-state index is 0.0728. The summed E-state index contributed by atoms with van der Waals surface area (Å²) in [5.74, 6) is -0.209. The summed E-state index contributed by atoms with van der Waals surface area (Å²) >= 11 is 0. The van der Waals surface area contributed by atoms with E-state index in [0.29, 0.717) is 24.8 Å². The van der Waals surface area contributed by atoms with Gasteiger partial charge in [-0.1, -0.05) is 55.0 Å². The van der Waals surface area contributed by atoms with Crippen molar-refractivity contribution in [2.24, 2.45) is 5.92 Å². The van der Waals surface area contributed by atoms with Gasteiger partial charge in [0.2, 0.25) is 11.2 Å². The first-order valence-corrected chi connectivity index (χ1v) is 12.4. The number of aromatic nitrogens is 1. The van der Waals surface area contributed by atoms with E-state index in [1.54, 1.807) is 33.7 Å². The number of benzene rings is 2. The zero-order valence-corrected chi connectivity index (χ0v) is 19.8. The largest absolute Gasteiger partial charge is 0.451 e. The van der Waals surface area contributed by atoms with E-state index in [2.05, 4.69) is 5.32 Å². The number of hydrogen-bond acceptors (Lipinski definition) is 5. The Hall–Kier alpha value is -3.91. The number of carbonyl (C=O) groups is 2. The molecule has 2 amide bonds. The van der Waals surface area contributed by atoms with Crippen LogP contribution in [0.2, 0.25) is 0 Å². The molecule has 3 heterocycles. The summed E-state index contributed by atoms with van der Waals surface area (Å²) in [6.45, 7) is 1.22. The van der Waals surface area contributed by atoms with Crippen LogP contribution in [-0.2, 0) is 17.8 Å². The monoisotopic (exact) mass is 485 g/mol. The number of nitrogens with one attached hydrogen (secondary N) is 1. The lowest BCUT2D eigenvalue weighted by Crippen LogP contribution is -2.59. The van der Waals surface area contributed by atoms with Gasteiger partial charge in [-0.2, -0.15) is 0 Å². The molecule has 1 N–H and O–H groups in total. The van der Waals surface area contributed by atoms with Gasteiger partial charge in [-0.15, -0.1) is 0 Å². The van der Waals surface area contributed by atoms with E-state index in [-0.39, 0.29) is 35.5 Å². The molecule has 2 fully saturated rings. The number of ether oxygens (including phenoxy) is 2. The number of nitrogens with zero attached hydrogens (tertiary/aromatic N) is 2. The fraction of sp³-hybridized carbons (Fsp3) is 0.321. The van der Waals surface area contributed by atoms with Crippen molar-refractivity contribution in [1.82, 2.24) is 14.8 Å². The van der Waals surface area contributed by atoms with Gasteiger partial charge in [0, 0.05) is 24.7 Å². The number of pyridine rings is 1. The van der Waals surface area contributed by atoms with Crippen molar-refractivity contribution in [3.05, 3.63) is 93.9 Å². The first-order chi connectivity index (χ1) is 17.6. The van der Waals surface area contributed by atoms with E-state index >= 15 is 0 Å². The zero-order valence-electron chi connectivity index (χ0n) is 19.8. The summed E-state index contributed by atoms with van der Waals surface area (Å²) < 4.78 is 13.8. The molecule has 36 heavy (non-hydrogen) atoms. The first-order valence-electron chi connectivity index (χ1n) is 12.4. The van der Waals surface area contributed by atoms with Gasteiger partial charge in [-0.3, -0.25) is 14.4 Å². The van der Waals surface area contributed by atoms with Gasteiger partial charge in [0.1, 0.15) is 11.3 Å². The summed E-state index contributed by atoms with van der Waals surface area (Å²) in [5.41, 5.74) is 0.396. The lowest BCUT2D eigenvalue weighted by molar-refractivity contribution is -0.134. The number of carbonyl (C=O) groups excluding carboxylic acids is 2. The molecule has 0 unspecified atom stereocenters. The Morgan fingerprint density at radius 1 is 1.03 bits per heavy atom.